The van der Waals surface area contributed by atoms with Crippen LogP contribution in [0.2, 0.25) is 0 Å². The molecule has 4 nitrogen and oxygen atoms in total. The molecule has 0 atom stereocenters. The molecule has 20 heavy (non-hydrogen) atoms. The molecule has 0 aliphatic heterocycles. The van der Waals surface area contributed by atoms with Gasteiger partial charge in [-0.1, -0.05) is 53.0 Å². The molecule has 0 saturated heterocycles. The molecule has 0 fully saturated rings. The lowest BCUT2D eigenvalue weighted by atomic mass is 10.1. The fourth-order valence-electron chi connectivity index (χ4n) is 1.32. The van der Waals surface area contributed by atoms with Crippen molar-refractivity contribution in [3.05, 3.63) is 30.3 Å². The maximum Gasteiger partial charge on any atom is 0.328 e. The van der Waals surface area contributed by atoms with Gasteiger partial charge >= 0.3 is 15.9 Å². The molecule has 1 aromatic carbocycles. The minimum absolute atomic E-state index is 0.0856. The van der Waals surface area contributed by atoms with E-state index in [1.807, 2.05) is 20.8 Å². The first-order chi connectivity index (χ1) is 8.92. The molecule has 0 amide bonds. The van der Waals surface area contributed by atoms with Crippen molar-refractivity contribution in [3.8, 4) is 0 Å². The Kier molecular flexibility index (Phi) is 5.35. The second-order valence-corrected chi connectivity index (χ2v) is 9.13. The van der Waals surface area contributed by atoms with E-state index in [0.29, 0.717) is 0 Å². The summed E-state index contributed by atoms with van der Waals surface area (Å²) in [7, 11) is -3.82. The topological polar surface area (TPSA) is 60.1 Å². The van der Waals surface area contributed by atoms with Gasteiger partial charge in [0.25, 0.3) is 3.79 Å². The Morgan fingerprint density at radius 2 is 1.60 bits per heavy atom. The van der Waals surface area contributed by atoms with Gasteiger partial charge in [-0.3, -0.25) is 4.99 Å². The molecule has 0 bridgehead atoms. The molecule has 2 N–H and O–H groups in total. The molecule has 0 aliphatic rings. The Hall–Kier alpha value is -0.490. The zero-order valence-electron chi connectivity index (χ0n) is 11.2. The van der Waals surface area contributed by atoms with Crippen molar-refractivity contribution in [2.45, 2.75) is 35.0 Å². The van der Waals surface area contributed by atoms with Crippen molar-refractivity contribution < 1.29 is 13.4 Å². The monoisotopic (exact) mass is 357 g/mol. The second-order valence-electron chi connectivity index (χ2n) is 5.17. The van der Waals surface area contributed by atoms with Gasteiger partial charge in [-0.15, -0.1) is 0 Å². The Balaban J connectivity index is 3.19. The van der Waals surface area contributed by atoms with Gasteiger partial charge in [0.1, 0.15) is 4.90 Å². The summed E-state index contributed by atoms with van der Waals surface area (Å²) in [5, 5.41) is 0. The lowest BCUT2D eigenvalue weighted by molar-refractivity contribution is -0.540. The molecule has 0 aromatic heterocycles. The smallest absolute Gasteiger partial charge is 0.269 e. The first-order valence-electron chi connectivity index (χ1n) is 5.72. The van der Waals surface area contributed by atoms with Gasteiger partial charge in [0.2, 0.25) is 0 Å². The zero-order chi connectivity index (χ0) is 15.6. The summed E-state index contributed by atoms with van der Waals surface area (Å²) >= 11 is 17.4. The number of sulfonamides is 1. The molecule has 1 aromatic rings. The fraction of sp³-hybridized carbons (Fsp3) is 0.417. The number of amidine groups is 1. The maximum atomic E-state index is 12.2. The Labute approximate surface area is 134 Å². The molecule has 112 valence electrons. The van der Waals surface area contributed by atoms with Crippen LogP contribution in [0.25, 0.3) is 0 Å². The Bertz CT molecular complexity index is 587. The van der Waals surface area contributed by atoms with Crippen molar-refractivity contribution in [1.29, 1.82) is 0 Å². The van der Waals surface area contributed by atoms with Crippen molar-refractivity contribution in [1.82, 2.24) is 4.72 Å². The van der Waals surface area contributed by atoms with E-state index < -0.39 is 19.4 Å². The van der Waals surface area contributed by atoms with Crippen molar-refractivity contribution in [2.24, 2.45) is 0 Å². The first kappa shape index (κ1) is 17.6. The summed E-state index contributed by atoms with van der Waals surface area (Å²) in [6, 6.07) is 7.85. The van der Waals surface area contributed by atoms with Gasteiger partial charge < -0.3 is 0 Å². The van der Waals surface area contributed by atoms with Crippen LogP contribution in [0.15, 0.2) is 35.2 Å². The third kappa shape index (κ3) is 5.48. The number of nitrogens with one attached hydrogen (secondary N) is 2. The van der Waals surface area contributed by atoms with Gasteiger partial charge in [-0.25, -0.2) is 0 Å². The molecule has 0 aliphatic carbocycles. The van der Waals surface area contributed by atoms with Crippen LogP contribution in [0.5, 0.6) is 0 Å². The third-order valence-corrected chi connectivity index (χ3v) is 4.01. The lowest BCUT2D eigenvalue weighted by Crippen LogP contribution is -2.88. The average Bonchev–Trinajstić information content (AvgIpc) is 2.26. The minimum Gasteiger partial charge on any atom is -0.269 e. The van der Waals surface area contributed by atoms with Crippen LogP contribution in [-0.2, 0) is 10.0 Å². The van der Waals surface area contributed by atoms with Crippen molar-refractivity contribution in [3.63, 3.8) is 0 Å². The van der Waals surface area contributed by atoms with Crippen LogP contribution in [0, 0.1) is 0 Å². The van der Waals surface area contributed by atoms with Crippen LogP contribution in [0.3, 0.4) is 0 Å². The van der Waals surface area contributed by atoms with Crippen molar-refractivity contribution >= 4 is 50.7 Å². The maximum absolute atomic E-state index is 12.2. The highest BCUT2D eigenvalue weighted by atomic mass is 35.6. The van der Waals surface area contributed by atoms with Gasteiger partial charge in [0, 0.05) is 0 Å². The third-order valence-electron chi connectivity index (χ3n) is 2.07. The SMILES string of the molecule is CC(C)(C)[NH+]=C(NS(=O)(=O)c1ccccc1)C(Cl)(Cl)Cl. The molecule has 0 heterocycles. The predicted molar refractivity (Wildman–Crippen MR) is 82.8 cm³/mol. The highest BCUT2D eigenvalue weighted by Gasteiger charge is 2.39. The highest BCUT2D eigenvalue weighted by molar-refractivity contribution is 7.90. The summed E-state index contributed by atoms with van der Waals surface area (Å²) in [4.78, 5) is 2.94. The summed E-state index contributed by atoms with van der Waals surface area (Å²) in [5.41, 5.74) is -0.474. The van der Waals surface area contributed by atoms with Gasteiger partial charge in [0.05, 0.1) is 5.54 Å². The molecule has 0 unspecified atom stereocenters. The van der Waals surface area contributed by atoms with Crippen LogP contribution < -0.4 is 9.71 Å². The first-order valence-corrected chi connectivity index (χ1v) is 8.34. The van der Waals surface area contributed by atoms with Crippen molar-refractivity contribution in [2.75, 3.05) is 0 Å². The van der Waals surface area contributed by atoms with Crippen LogP contribution in [0.4, 0.5) is 0 Å². The number of alkyl halides is 3. The number of hydrogen-bond acceptors (Lipinski definition) is 2. The van der Waals surface area contributed by atoms with Gasteiger partial charge in [0.15, 0.2) is 0 Å². The zero-order valence-corrected chi connectivity index (χ0v) is 14.3. The van der Waals surface area contributed by atoms with E-state index in [-0.39, 0.29) is 10.7 Å². The molecular weight excluding hydrogens is 343 g/mol. The standard InChI is InChI=1S/C12H15Cl3N2O2S/c1-11(2,3)16-10(12(13,14)15)17-20(18,19)9-7-5-4-6-8-9/h4-8H,1-3H3,(H,16,17)/p+1. The van der Waals surface area contributed by atoms with Crippen LogP contribution in [-0.4, -0.2) is 23.6 Å². The normalized spacial score (nSPS) is 14.2. The van der Waals surface area contributed by atoms with E-state index in [1.165, 1.54) is 12.1 Å². The largest absolute Gasteiger partial charge is 0.328 e. The fourth-order valence-corrected chi connectivity index (χ4v) is 2.88. The summed E-state index contributed by atoms with van der Waals surface area (Å²) < 4.78 is 24.8. The van der Waals surface area contributed by atoms with E-state index in [9.17, 15) is 8.42 Å². The van der Waals surface area contributed by atoms with Gasteiger partial charge in [-0.2, -0.15) is 13.1 Å². The summed E-state index contributed by atoms with van der Waals surface area (Å²) in [6.45, 7) is 5.46. The van der Waals surface area contributed by atoms with E-state index in [2.05, 4.69) is 9.71 Å². The summed E-state index contributed by atoms with van der Waals surface area (Å²) in [6.07, 6.45) is 0. The molecule has 8 heteroatoms. The van der Waals surface area contributed by atoms with E-state index in [0.717, 1.165) is 0 Å². The Morgan fingerprint density at radius 1 is 1.10 bits per heavy atom. The number of hydrogen-bond donors (Lipinski definition) is 2. The lowest BCUT2D eigenvalue weighted by Gasteiger charge is -2.16. The quantitative estimate of drug-likeness (QED) is 0.479. The van der Waals surface area contributed by atoms with E-state index >= 15 is 0 Å². The molecule has 0 saturated carbocycles. The van der Waals surface area contributed by atoms with Gasteiger partial charge in [-0.05, 0) is 32.9 Å². The minimum atomic E-state index is -3.82. The number of halogens is 3. The molecule has 0 spiro atoms. The Morgan fingerprint density at radius 3 is 2.00 bits per heavy atom. The van der Waals surface area contributed by atoms with E-state index in [1.54, 1.807) is 18.2 Å². The molecule has 1 rings (SSSR count). The predicted octanol–water partition coefficient (Wildman–Crippen LogP) is 1.61. The molecule has 0 radical (unpaired) electrons. The van der Waals surface area contributed by atoms with E-state index in [4.69, 9.17) is 34.8 Å². The summed E-state index contributed by atoms with van der Waals surface area (Å²) in [5.74, 6) is -0.112. The average molecular weight is 359 g/mol. The number of rotatable bonds is 2. The van der Waals surface area contributed by atoms with Crippen LogP contribution >= 0.6 is 34.8 Å². The molecular formula is C12H16Cl3N2O2S+. The number of benzene rings is 1. The second kappa shape index (κ2) is 6.10. The highest BCUT2D eigenvalue weighted by Crippen LogP contribution is 2.26. The van der Waals surface area contributed by atoms with Crippen LogP contribution in [0.1, 0.15) is 20.8 Å².